The molecule has 0 spiro atoms. The average molecular weight is 581 g/mol. The minimum absolute atomic E-state index is 0. The van der Waals surface area contributed by atoms with Gasteiger partial charge in [-0.15, -0.1) is 27.8 Å². The van der Waals surface area contributed by atoms with Crippen LogP contribution in [0.15, 0.2) is 32.6 Å². The topological polar surface area (TPSA) is 106 Å². The number of Topliss-reactive ketones (excluding diaryl/α,β-unsaturated/α-hetero) is 1. The summed E-state index contributed by atoms with van der Waals surface area (Å²) >= 11 is 0. The van der Waals surface area contributed by atoms with E-state index in [0.29, 0.717) is 5.35 Å². The van der Waals surface area contributed by atoms with Crippen LogP contribution in [0, 0.1) is 13.8 Å². The fourth-order valence-electron chi connectivity index (χ4n) is 5.27. The van der Waals surface area contributed by atoms with E-state index in [4.69, 9.17) is 19.5 Å². The first-order valence-corrected chi connectivity index (χ1v) is 13.7. The van der Waals surface area contributed by atoms with Crippen molar-refractivity contribution in [2.45, 2.75) is 81.1 Å². The number of rotatable bonds is 9. The molecule has 1 aliphatic heterocycles. The van der Waals surface area contributed by atoms with E-state index in [-0.39, 0.29) is 28.0 Å². The van der Waals surface area contributed by atoms with Crippen molar-refractivity contribution >= 4 is 35.4 Å². The maximum absolute atomic E-state index is 11.6. The molecule has 3 aromatic heterocycles. The third-order valence-corrected chi connectivity index (χ3v) is 7.59. The van der Waals surface area contributed by atoms with Crippen LogP contribution in [0.3, 0.4) is 0 Å². The average Bonchev–Trinajstić information content (AvgIpc) is 3.65. The van der Waals surface area contributed by atoms with Gasteiger partial charge in [-0.1, -0.05) is 73.3 Å². The fourth-order valence-corrected chi connectivity index (χ4v) is 5.27. The molecule has 8 heteroatoms. The van der Waals surface area contributed by atoms with Crippen LogP contribution in [-0.4, -0.2) is 22.4 Å². The van der Waals surface area contributed by atoms with Crippen molar-refractivity contribution in [3.8, 4) is 11.3 Å². The van der Waals surface area contributed by atoms with Crippen molar-refractivity contribution in [3.05, 3.63) is 72.9 Å². The molecule has 1 radical (unpaired) electrons. The molecule has 0 fully saturated rings. The number of hydrogen-bond acceptors (Lipinski definition) is 4. The van der Waals surface area contributed by atoms with Crippen molar-refractivity contribution < 1.29 is 25.8 Å². The number of allylic oxidation sites excluding steroid dienone is 2. The van der Waals surface area contributed by atoms with Gasteiger partial charge in [0.15, 0.2) is 0 Å². The number of aliphatic imine (C=N–C) groups is 1. The Hall–Kier alpha value is -3.51. The third-order valence-electron chi connectivity index (χ3n) is 7.59. The first-order chi connectivity index (χ1) is 18.6. The molecule has 0 amide bonds. The molecule has 211 valence electrons. The molecule has 0 bridgehead atoms. The maximum atomic E-state index is 11.6. The van der Waals surface area contributed by atoms with Crippen LogP contribution in [0.25, 0.3) is 34.9 Å². The van der Waals surface area contributed by atoms with Crippen LogP contribution in [0.2, 0.25) is 0 Å². The molecule has 40 heavy (non-hydrogen) atoms. The van der Waals surface area contributed by atoms with Crippen LogP contribution >= 0.6 is 0 Å². The van der Waals surface area contributed by atoms with Crippen LogP contribution in [-0.2, 0) is 40.5 Å². The first-order valence-electron chi connectivity index (χ1n) is 13.7. The van der Waals surface area contributed by atoms with Gasteiger partial charge >= 0.3 is 16.5 Å². The number of ketones is 1. The van der Waals surface area contributed by atoms with E-state index in [0.717, 1.165) is 87.4 Å². The summed E-state index contributed by atoms with van der Waals surface area (Å²) in [5.41, 5.74) is 11.0. The Kier molecular flexibility index (Phi) is 9.91. The molecule has 4 heterocycles. The van der Waals surface area contributed by atoms with Gasteiger partial charge in [0.2, 0.25) is 0 Å². The molecule has 3 aromatic rings. The third kappa shape index (κ3) is 5.69. The predicted molar refractivity (Wildman–Crippen MR) is 158 cm³/mol. The zero-order valence-corrected chi connectivity index (χ0v) is 25.5. The monoisotopic (exact) mass is 580 g/mol. The SMILES string of the molecule is CCC1=C(C)/C(=C/c2[n-]c(-c3cnoc3CC)c(CC)c2C)N=C1/C=c1\[n-]/c(=C\C(=[N-])C(C)=O)c(C)c1CC.[Ni+3]. The number of nitrogens with zero attached hydrogens (tertiary/aromatic N) is 5. The van der Waals surface area contributed by atoms with Gasteiger partial charge in [0.25, 0.3) is 0 Å². The summed E-state index contributed by atoms with van der Waals surface area (Å²) in [4.78, 5) is 26.4. The second kappa shape index (κ2) is 12.8. The summed E-state index contributed by atoms with van der Waals surface area (Å²) < 4.78 is 5.45. The first kappa shape index (κ1) is 31.0. The van der Waals surface area contributed by atoms with Gasteiger partial charge in [-0.25, -0.2) is 4.99 Å². The van der Waals surface area contributed by atoms with Gasteiger partial charge in [-0.3, -0.25) is 4.79 Å². The summed E-state index contributed by atoms with van der Waals surface area (Å²) in [7, 11) is 0. The summed E-state index contributed by atoms with van der Waals surface area (Å²) in [6.45, 7) is 15.9. The molecule has 7 nitrogen and oxygen atoms in total. The molecule has 0 saturated carbocycles. The summed E-state index contributed by atoms with van der Waals surface area (Å²) in [5.74, 6) is 0.458. The molecule has 1 aliphatic rings. The van der Waals surface area contributed by atoms with Crippen LogP contribution in [0.1, 0.15) is 81.7 Å². The Morgan fingerprint density at radius 1 is 0.950 bits per heavy atom. The van der Waals surface area contributed by atoms with Crippen LogP contribution in [0.4, 0.5) is 0 Å². The van der Waals surface area contributed by atoms with E-state index in [9.17, 15) is 10.2 Å². The van der Waals surface area contributed by atoms with Gasteiger partial charge in [0.1, 0.15) is 11.5 Å². The standard InChI is InChI=1S/C32H36N5O2.Ni/c1-9-21-17(5)26(13-25(33)20(8)38)35-29(21)15-30-22(10-2)18(6)27(36-30)14-28-19(7)23(11-3)32(37-28)24-16-34-39-31(24)12-4;/h13-16H,9-12H2,1-8H3;/q-3;+3. The normalized spacial score (nSPS) is 15.3. The number of aryl methyl sites for hydroxylation is 1. The number of carbonyl (C=O) groups is 1. The summed E-state index contributed by atoms with van der Waals surface area (Å²) in [6, 6.07) is 0. The van der Waals surface area contributed by atoms with E-state index < -0.39 is 0 Å². The van der Waals surface area contributed by atoms with Crippen molar-refractivity contribution in [3.63, 3.8) is 0 Å². The van der Waals surface area contributed by atoms with Crippen molar-refractivity contribution in [1.29, 1.82) is 0 Å². The van der Waals surface area contributed by atoms with Crippen LogP contribution < -0.4 is 20.7 Å². The molecule has 0 saturated heterocycles. The second-order valence-corrected chi connectivity index (χ2v) is 9.87. The number of hydrogen-bond donors (Lipinski definition) is 0. The van der Waals surface area contributed by atoms with Gasteiger partial charge in [0.05, 0.1) is 17.6 Å². The van der Waals surface area contributed by atoms with Crippen molar-refractivity contribution in [2.75, 3.05) is 0 Å². The zero-order chi connectivity index (χ0) is 28.4. The minimum Gasteiger partial charge on any atom is -0.801 e. The van der Waals surface area contributed by atoms with Crippen LogP contribution in [0.5, 0.6) is 0 Å². The van der Waals surface area contributed by atoms with E-state index >= 15 is 0 Å². The fraction of sp³-hybridized carbons (Fsp3) is 0.375. The molecule has 0 aliphatic carbocycles. The Bertz CT molecular complexity index is 1670. The molecule has 4 rings (SSSR count). The Morgan fingerprint density at radius 3 is 2.25 bits per heavy atom. The van der Waals surface area contributed by atoms with Crippen molar-refractivity contribution in [1.82, 2.24) is 15.1 Å². The van der Waals surface area contributed by atoms with Gasteiger partial charge in [-0.05, 0) is 58.1 Å². The van der Waals surface area contributed by atoms with E-state index in [1.807, 2.05) is 13.0 Å². The molecular formula is C32H36N5NiO2. The minimum atomic E-state index is -0.386. The molecular weight excluding hydrogens is 545 g/mol. The Labute approximate surface area is 246 Å². The van der Waals surface area contributed by atoms with Crippen molar-refractivity contribution in [2.24, 2.45) is 4.99 Å². The Balaban J connectivity index is 0.00000441. The Morgan fingerprint density at radius 2 is 1.65 bits per heavy atom. The van der Waals surface area contributed by atoms with E-state index in [1.54, 1.807) is 6.20 Å². The summed E-state index contributed by atoms with van der Waals surface area (Å²) in [5, 5.41) is 15.4. The van der Waals surface area contributed by atoms with E-state index in [1.165, 1.54) is 24.1 Å². The largest absolute Gasteiger partial charge is 3.00 e. The summed E-state index contributed by atoms with van der Waals surface area (Å²) in [6.07, 6.45) is 10.5. The number of carbonyl (C=O) groups excluding carboxylic acids is 1. The zero-order valence-electron chi connectivity index (χ0n) is 24.5. The van der Waals surface area contributed by atoms with Gasteiger partial charge < -0.3 is 19.9 Å². The quantitative estimate of drug-likeness (QED) is 0.263. The molecule has 0 unspecified atom stereocenters. The second-order valence-electron chi connectivity index (χ2n) is 9.87. The van der Waals surface area contributed by atoms with E-state index in [2.05, 4.69) is 52.8 Å². The predicted octanol–water partition coefficient (Wildman–Crippen LogP) is 4.94. The molecule has 0 N–H and O–H groups in total. The molecule has 0 aromatic carbocycles. The van der Waals surface area contributed by atoms with Gasteiger partial charge in [0, 0.05) is 12.0 Å². The number of aromatic nitrogens is 3. The maximum Gasteiger partial charge on any atom is 3.00 e. The smallest absolute Gasteiger partial charge is 0.801 e. The molecule has 0 atom stereocenters. The van der Waals surface area contributed by atoms with Gasteiger partial charge in [-0.2, -0.15) is 0 Å².